The third-order valence-corrected chi connectivity index (χ3v) is 3.14. The van der Waals surface area contributed by atoms with Crippen LogP contribution in [-0.4, -0.2) is 24.4 Å². The molecular weight excluding hydrogens is 233 g/mol. The van der Waals surface area contributed by atoms with Gasteiger partial charge in [-0.1, -0.05) is 13.8 Å². The first-order valence-corrected chi connectivity index (χ1v) is 6.32. The van der Waals surface area contributed by atoms with E-state index in [2.05, 4.69) is 5.32 Å². The van der Waals surface area contributed by atoms with E-state index in [4.69, 9.17) is 4.74 Å². The van der Waals surface area contributed by atoms with Gasteiger partial charge in [-0.3, -0.25) is 0 Å². The van der Waals surface area contributed by atoms with Crippen LogP contribution >= 0.6 is 0 Å². The molecule has 0 saturated carbocycles. The van der Waals surface area contributed by atoms with Crippen LogP contribution in [0.1, 0.15) is 32.3 Å². The van der Waals surface area contributed by atoms with Gasteiger partial charge in [-0.25, -0.2) is 4.39 Å². The van der Waals surface area contributed by atoms with Gasteiger partial charge in [0.25, 0.3) is 0 Å². The smallest absolute Gasteiger partial charge is 0.127 e. The predicted molar refractivity (Wildman–Crippen MR) is 70.2 cm³/mol. The summed E-state index contributed by atoms with van der Waals surface area (Å²) in [6, 6.07) is 4.59. The van der Waals surface area contributed by atoms with E-state index in [9.17, 15) is 9.50 Å². The molecule has 0 unspecified atom stereocenters. The van der Waals surface area contributed by atoms with Gasteiger partial charge in [0, 0.05) is 12.6 Å². The Morgan fingerprint density at radius 3 is 2.50 bits per heavy atom. The summed E-state index contributed by atoms with van der Waals surface area (Å²) in [6.45, 7) is 4.58. The van der Waals surface area contributed by atoms with E-state index in [1.165, 1.54) is 12.1 Å². The zero-order valence-corrected chi connectivity index (χ0v) is 11.3. The fourth-order valence-corrected chi connectivity index (χ4v) is 1.68. The summed E-state index contributed by atoms with van der Waals surface area (Å²) in [7, 11) is 1.80. The zero-order chi connectivity index (χ0) is 13.6. The van der Waals surface area contributed by atoms with Crippen LogP contribution in [0.4, 0.5) is 4.39 Å². The molecule has 0 aliphatic carbocycles. The van der Waals surface area contributed by atoms with Crippen LogP contribution in [0.5, 0.6) is 5.75 Å². The lowest BCUT2D eigenvalue weighted by molar-refractivity contribution is -0.0114. The molecule has 0 bridgehead atoms. The van der Waals surface area contributed by atoms with Crippen molar-refractivity contribution < 1.29 is 14.2 Å². The van der Waals surface area contributed by atoms with Crippen LogP contribution in [-0.2, 0) is 6.54 Å². The van der Waals surface area contributed by atoms with Gasteiger partial charge < -0.3 is 15.2 Å². The summed E-state index contributed by atoms with van der Waals surface area (Å²) in [5.74, 6) is 0.134. The quantitative estimate of drug-likeness (QED) is 0.786. The molecule has 0 aliphatic rings. The molecule has 0 aliphatic heterocycles. The minimum Gasteiger partial charge on any atom is -0.490 e. The first kappa shape index (κ1) is 14.9. The molecular formula is C14H22FNO2. The first-order chi connectivity index (χ1) is 8.53. The van der Waals surface area contributed by atoms with Gasteiger partial charge >= 0.3 is 0 Å². The molecule has 0 radical (unpaired) electrons. The maximum Gasteiger partial charge on any atom is 0.127 e. The largest absolute Gasteiger partial charge is 0.490 e. The molecule has 102 valence electrons. The molecule has 0 amide bonds. The van der Waals surface area contributed by atoms with Crippen molar-refractivity contribution in [3.05, 3.63) is 29.6 Å². The molecule has 0 atom stereocenters. The highest BCUT2D eigenvalue weighted by Crippen LogP contribution is 2.20. The van der Waals surface area contributed by atoms with E-state index in [1.807, 2.05) is 13.8 Å². The molecule has 1 aromatic carbocycles. The van der Waals surface area contributed by atoms with E-state index in [0.717, 1.165) is 5.56 Å². The van der Waals surface area contributed by atoms with Crippen molar-refractivity contribution in [3.8, 4) is 5.75 Å². The Morgan fingerprint density at radius 1 is 1.28 bits per heavy atom. The van der Waals surface area contributed by atoms with Gasteiger partial charge in [-0.05, 0) is 37.6 Å². The van der Waals surface area contributed by atoms with Crippen LogP contribution in [0.15, 0.2) is 18.2 Å². The highest BCUT2D eigenvalue weighted by molar-refractivity contribution is 5.29. The second kappa shape index (κ2) is 6.71. The predicted octanol–water partition coefficient (Wildman–Crippen LogP) is 2.48. The van der Waals surface area contributed by atoms with Crippen LogP contribution in [0.2, 0.25) is 0 Å². The van der Waals surface area contributed by atoms with Gasteiger partial charge in [-0.2, -0.15) is 0 Å². The fourth-order valence-electron chi connectivity index (χ4n) is 1.68. The lowest BCUT2D eigenvalue weighted by Crippen LogP contribution is -2.34. The Morgan fingerprint density at radius 2 is 1.94 bits per heavy atom. The van der Waals surface area contributed by atoms with Crippen LogP contribution in [0.25, 0.3) is 0 Å². The molecule has 18 heavy (non-hydrogen) atoms. The number of hydrogen-bond acceptors (Lipinski definition) is 3. The Kier molecular flexibility index (Phi) is 5.56. The molecule has 1 rings (SSSR count). The Balaban J connectivity index is 2.72. The van der Waals surface area contributed by atoms with Gasteiger partial charge in [0.05, 0.1) is 5.60 Å². The van der Waals surface area contributed by atoms with Crippen molar-refractivity contribution in [2.45, 2.75) is 38.8 Å². The standard InChI is InChI=1S/C14H22FNO2/c1-4-14(17,5-2)10-18-13-7-11(9-16-3)6-12(15)8-13/h6-8,16-17H,4-5,9-10H2,1-3H3. The second-order valence-electron chi connectivity index (χ2n) is 4.55. The fraction of sp³-hybridized carbons (Fsp3) is 0.571. The van der Waals surface area contributed by atoms with E-state index in [-0.39, 0.29) is 12.4 Å². The van der Waals surface area contributed by atoms with Gasteiger partial charge in [0.2, 0.25) is 0 Å². The average Bonchev–Trinajstić information content (AvgIpc) is 2.36. The molecule has 0 spiro atoms. The molecule has 3 nitrogen and oxygen atoms in total. The summed E-state index contributed by atoms with van der Waals surface area (Å²) in [4.78, 5) is 0. The molecule has 1 aromatic rings. The minimum absolute atomic E-state index is 0.183. The van der Waals surface area contributed by atoms with Crippen molar-refractivity contribution in [2.75, 3.05) is 13.7 Å². The summed E-state index contributed by atoms with van der Waals surface area (Å²) >= 11 is 0. The number of rotatable bonds is 7. The first-order valence-electron chi connectivity index (χ1n) is 6.32. The molecule has 0 saturated heterocycles. The highest BCUT2D eigenvalue weighted by Gasteiger charge is 2.23. The molecule has 4 heteroatoms. The topological polar surface area (TPSA) is 41.5 Å². The normalized spacial score (nSPS) is 11.6. The minimum atomic E-state index is -0.838. The molecule has 0 heterocycles. The van der Waals surface area contributed by atoms with Gasteiger partial charge in [0.15, 0.2) is 0 Å². The van der Waals surface area contributed by atoms with E-state index in [0.29, 0.717) is 25.1 Å². The van der Waals surface area contributed by atoms with Crippen molar-refractivity contribution in [3.63, 3.8) is 0 Å². The van der Waals surface area contributed by atoms with Gasteiger partial charge in [0.1, 0.15) is 18.2 Å². The SMILES string of the molecule is CCC(O)(CC)COc1cc(F)cc(CNC)c1. The summed E-state index contributed by atoms with van der Waals surface area (Å²) in [6.07, 6.45) is 1.23. The maximum absolute atomic E-state index is 13.4. The van der Waals surface area contributed by atoms with Crippen molar-refractivity contribution in [1.29, 1.82) is 0 Å². The summed E-state index contributed by atoms with van der Waals surface area (Å²) in [5.41, 5.74) is -0.0146. The molecule has 0 aromatic heterocycles. The number of aliphatic hydroxyl groups is 1. The second-order valence-corrected chi connectivity index (χ2v) is 4.55. The third-order valence-electron chi connectivity index (χ3n) is 3.14. The Bertz CT molecular complexity index is 378. The third kappa shape index (κ3) is 4.27. The average molecular weight is 255 g/mol. The van der Waals surface area contributed by atoms with Crippen LogP contribution in [0, 0.1) is 5.82 Å². The number of benzene rings is 1. The Hall–Kier alpha value is -1.13. The summed E-state index contributed by atoms with van der Waals surface area (Å²) in [5, 5.41) is 13.1. The van der Waals surface area contributed by atoms with E-state index in [1.54, 1.807) is 13.1 Å². The monoisotopic (exact) mass is 255 g/mol. The van der Waals surface area contributed by atoms with Crippen molar-refractivity contribution in [2.24, 2.45) is 0 Å². The van der Waals surface area contributed by atoms with Crippen molar-refractivity contribution in [1.82, 2.24) is 5.32 Å². The van der Waals surface area contributed by atoms with Gasteiger partial charge in [-0.15, -0.1) is 0 Å². The number of ether oxygens (including phenoxy) is 1. The number of hydrogen-bond donors (Lipinski definition) is 2. The van der Waals surface area contributed by atoms with Crippen LogP contribution in [0.3, 0.4) is 0 Å². The summed E-state index contributed by atoms with van der Waals surface area (Å²) < 4.78 is 18.9. The lowest BCUT2D eigenvalue weighted by atomic mass is 9.99. The Labute approximate surface area is 108 Å². The lowest BCUT2D eigenvalue weighted by Gasteiger charge is -2.25. The number of halogens is 1. The van der Waals surface area contributed by atoms with Crippen LogP contribution < -0.4 is 10.1 Å². The molecule has 0 fully saturated rings. The zero-order valence-electron chi connectivity index (χ0n) is 11.3. The number of nitrogens with one attached hydrogen (secondary N) is 1. The van der Waals surface area contributed by atoms with Crippen molar-refractivity contribution >= 4 is 0 Å². The maximum atomic E-state index is 13.4. The highest BCUT2D eigenvalue weighted by atomic mass is 19.1. The van der Waals surface area contributed by atoms with E-state index < -0.39 is 5.60 Å². The van der Waals surface area contributed by atoms with E-state index >= 15 is 0 Å². The molecule has 2 N–H and O–H groups in total.